The van der Waals surface area contributed by atoms with Gasteiger partial charge in [0.05, 0.1) is 6.54 Å². The first-order chi connectivity index (χ1) is 11.2. The van der Waals surface area contributed by atoms with E-state index in [1.165, 1.54) is 12.8 Å². The molecule has 2 heterocycles. The van der Waals surface area contributed by atoms with Gasteiger partial charge in [-0.25, -0.2) is 9.78 Å². The molecule has 1 saturated heterocycles. The molecule has 23 heavy (non-hydrogen) atoms. The van der Waals surface area contributed by atoms with Gasteiger partial charge in [0, 0.05) is 38.1 Å². The highest BCUT2D eigenvalue weighted by Crippen LogP contribution is 2.19. The molecule has 1 atom stereocenters. The van der Waals surface area contributed by atoms with Crippen molar-refractivity contribution in [2.75, 3.05) is 19.6 Å². The predicted octanol–water partition coefficient (Wildman–Crippen LogP) is 1.97. The Morgan fingerprint density at radius 3 is 2.96 bits per heavy atom. The predicted molar refractivity (Wildman–Crippen MR) is 90.1 cm³/mol. The van der Waals surface area contributed by atoms with Crippen molar-refractivity contribution < 1.29 is 4.79 Å². The summed E-state index contributed by atoms with van der Waals surface area (Å²) < 4.78 is 2.20. The van der Waals surface area contributed by atoms with E-state index in [-0.39, 0.29) is 6.03 Å². The molecule has 6 nitrogen and oxygen atoms in total. The largest absolute Gasteiger partial charge is 0.338 e. The number of amides is 2. The highest BCUT2D eigenvalue weighted by atomic mass is 16.2. The molecule has 1 aliphatic heterocycles. The molecular weight excluding hydrogens is 290 g/mol. The van der Waals surface area contributed by atoms with E-state index in [0.29, 0.717) is 12.0 Å². The van der Waals surface area contributed by atoms with Crippen LogP contribution < -0.4 is 10.6 Å². The van der Waals surface area contributed by atoms with E-state index in [2.05, 4.69) is 32.0 Å². The van der Waals surface area contributed by atoms with Gasteiger partial charge < -0.3 is 15.2 Å². The van der Waals surface area contributed by atoms with Gasteiger partial charge in [0.25, 0.3) is 0 Å². The van der Waals surface area contributed by atoms with E-state index in [1.54, 1.807) is 0 Å². The van der Waals surface area contributed by atoms with Crippen LogP contribution in [-0.4, -0.2) is 46.2 Å². The number of imidazole rings is 1. The monoisotopic (exact) mass is 319 g/mol. The number of likely N-dealkylation sites (tertiary alicyclic amines) is 1. The van der Waals surface area contributed by atoms with Gasteiger partial charge in [-0.1, -0.05) is 12.8 Å². The number of carbonyl (C=O) groups excluding carboxylic acids is 1. The van der Waals surface area contributed by atoms with Crippen LogP contribution in [0.25, 0.3) is 0 Å². The number of urea groups is 1. The average molecular weight is 319 g/mol. The van der Waals surface area contributed by atoms with Crippen molar-refractivity contribution in [2.45, 2.75) is 58.2 Å². The molecule has 0 aromatic carbocycles. The standard InChI is InChI=1S/C17H29N5O/c1-2-22-10-8-18-16(22)13-21-9-7-14(12-21)11-19-17(23)20-15-5-3-4-6-15/h8,10,14-15H,2-7,9,11-13H2,1H3,(H2,19,20,23)/t14-/m0/s1. The number of hydrogen-bond acceptors (Lipinski definition) is 3. The third-order valence-corrected chi connectivity index (χ3v) is 5.12. The Balaban J connectivity index is 1.37. The van der Waals surface area contributed by atoms with E-state index in [9.17, 15) is 4.79 Å². The molecule has 2 amide bonds. The van der Waals surface area contributed by atoms with Gasteiger partial charge in [0.2, 0.25) is 0 Å². The average Bonchev–Trinajstić information content (AvgIpc) is 3.27. The van der Waals surface area contributed by atoms with Crippen LogP contribution in [0.5, 0.6) is 0 Å². The summed E-state index contributed by atoms with van der Waals surface area (Å²) in [5.74, 6) is 1.69. The van der Waals surface area contributed by atoms with Gasteiger partial charge in [-0.3, -0.25) is 4.90 Å². The van der Waals surface area contributed by atoms with Crippen LogP contribution in [0.3, 0.4) is 0 Å². The van der Waals surface area contributed by atoms with Crippen molar-refractivity contribution in [1.82, 2.24) is 25.1 Å². The number of hydrogen-bond donors (Lipinski definition) is 2. The van der Waals surface area contributed by atoms with Gasteiger partial charge in [0.15, 0.2) is 0 Å². The number of carbonyl (C=O) groups is 1. The van der Waals surface area contributed by atoms with E-state index >= 15 is 0 Å². The summed E-state index contributed by atoms with van der Waals surface area (Å²) in [6.45, 7) is 6.93. The van der Waals surface area contributed by atoms with Crippen LogP contribution in [0.1, 0.15) is 44.9 Å². The molecule has 1 aromatic heterocycles. The Morgan fingerprint density at radius 1 is 1.35 bits per heavy atom. The molecule has 0 spiro atoms. The maximum Gasteiger partial charge on any atom is 0.315 e. The minimum Gasteiger partial charge on any atom is -0.338 e. The van der Waals surface area contributed by atoms with Gasteiger partial charge in [-0.15, -0.1) is 0 Å². The molecule has 2 N–H and O–H groups in total. The third kappa shape index (κ3) is 4.47. The normalized spacial score (nSPS) is 22.6. The van der Waals surface area contributed by atoms with Crippen molar-refractivity contribution in [3.8, 4) is 0 Å². The van der Waals surface area contributed by atoms with Gasteiger partial charge in [-0.05, 0) is 38.6 Å². The Bertz CT molecular complexity index is 509. The van der Waals surface area contributed by atoms with Crippen molar-refractivity contribution >= 4 is 6.03 Å². The second-order valence-electron chi connectivity index (χ2n) is 6.86. The zero-order valence-electron chi connectivity index (χ0n) is 14.1. The van der Waals surface area contributed by atoms with Gasteiger partial charge in [-0.2, -0.15) is 0 Å². The van der Waals surface area contributed by atoms with Gasteiger partial charge in [0.1, 0.15) is 5.82 Å². The molecule has 128 valence electrons. The van der Waals surface area contributed by atoms with Crippen molar-refractivity contribution in [1.29, 1.82) is 0 Å². The van der Waals surface area contributed by atoms with Crippen LogP contribution in [-0.2, 0) is 13.1 Å². The SMILES string of the molecule is CCn1ccnc1CN1CC[C@@H](CNC(=O)NC2CCCC2)C1. The van der Waals surface area contributed by atoms with Crippen molar-refractivity contribution in [3.63, 3.8) is 0 Å². The van der Waals surface area contributed by atoms with Gasteiger partial charge >= 0.3 is 6.03 Å². The van der Waals surface area contributed by atoms with E-state index < -0.39 is 0 Å². The maximum atomic E-state index is 11.9. The van der Waals surface area contributed by atoms with Crippen molar-refractivity contribution in [3.05, 3.63) is 18.2 Å². The molecule has 3 rings (SSSR count). The zero-order chi connectivity index (χ0) is 16.1. The van der Waals surface area contributed by atoms with Crippen LogP contribution in [0.2, 0.25) is 0 Å². The lowest BCUT2D eigenvalue weighted by atomic mass is 10.1. The smallest absolute Gasteiger partial charge is 0.315 e. The molecule has 6 heteroatoms. The van der Waals surface area contributed by atoms with Crippen LogP contribution >= 0.6 is 0 Å². The van der Waals surface area contributed by atoms with Crippen LogP contribution in [0, 0.1) is 5.92 Å². The Labute approximate surface area is 138 Å². The lowest BCUT2D eigenvalue weighted by Gasteiger charge is -2.17. The summed E-state index contributed by atoms with van der Waals surface area (Å²) in [7, 11) is 0. The second kappa shape index (κ2) is 7.81. The third-order valence-electron chi connectivity index (χ3n) is 5.12. The maximum absolute atomic E-state index is 11.9. The molecule has 1 aliphatic carbocycles. The first-order valence-corrected chi connectivity index (χ1v) is 9.01. The highest BCUT2D eigenvalue weighted by molar-refractivity contribution is 5.74. The lowest BCUT2D eigenvalue weighted by Crippen LogP contribution is -2.42. The van der Waals surface area contributed by atoms with Crippen molar-refractivity contribution in [2.24, 2.45) is 5.92 Å². The lowest BCUT2D eigenvalue weighted by molar-refractivity contribution is 0.234. The molecular formula is C17H29N5O. The summed E-state index contributed by atoms with van der Waals surface area (Å²) >= 11 is 0. The molecule has 1 aromatic rings. The minimum atomic E-state index is 0.0110. The fourth-order valence-corrected chi connectivity index (χ4v) is 3.75. The van der Waals surface area contributed by atoms with E-state index in [1.807, 2.05) is 12.4 Å². The quantitative estimate of drug-likeness (QED) is 0.842. The number of nitrogens with zero attached hydrogens (tertiary/aromatic N) is 3. The van der Waals surface area contributed by atoms with E-state index in [4.69, 9.17) is 0 Å². The Hall–Kier alpha value is -1.56. The molecule has 1 saturated carbocycles. The highest BCUT2D eigenvalue weighted by Gasteiger charge is 2.24. The molecule has 0 radical (unpaired) electrons. The fraction of sp³-hybridized carbons (Fsp3) is 0.765. The number of rotatable bonds is 6. The molecule has 0 bridgehead atoms. The fourth-order valence-electron chi connectivity index (χ4n) is 3.75. The summed E-state index contributed by atoms with van der Waals surface area (Å²) in [5.41, 5.74) is 0. The second-order valence-corrected chi connectivity index (χ2v) is 6.86. The molecule has 0 unspecified atom stereocenters. The Morgan fingerprint density at radius 2 is 2.17 bits per heavy atom. The van der Waals surface area contributed by atoms with E-state index in [0.717, 1.165) is 57.8 Å². The van der Waals surface area contributed by atoms with Crippen LogP contribution in [0.4, 0.5) is 4.79 Å². The van der Waals surface area contributed by atoms with Crippen LogP contribution in [0.15, 0.2) is 12.4 Å². The summed E-state index contributed by atoms with van der Waals surface area (Å²) in [6.07, 6.45) is 9.82. The number of aromatic nitrogens is 2. The summed E-state index contributed by atoms with van der Waals surface area (Å²) in [5, 5.41) is 6.14. The topological polar surface area (TPSA) is 62.2 Å². The first-order valence-electron chi connectivity index (χ1n) is 9.01. The molecule has 2 fully saturated rings. The molecule has 2 aliphatic rings. The first kappa shape index (κ1) is 16.3. The minimum absolute atomic E-state index is 0.0110. The number of nitrogens with one attached hydrogen (secondary N) is 2. The Kier molecular flexibility index (Phi) is 5.54. The number of aryl methyl sites for hydroxylation is 1. The summed E-state index contributed by atoms with van der Waals surface area (Å²) in [6, 6.07) is 0.403. The zero-order valence-corrected chi connectivity index (χ0v) is 14.1. The summed E-state index contributed by atoms with van der Waals surface area (Å²) in [4.78, 5) is 18.8.